The van der Waals surface area contributed by atoms with Crippen LogP contribution in [-0.2, 0) is 21.1 Å². The quantitative estimate of drug-likeness (QED) is 0.736. The first kappa shape index (κ1) is 18.1. The van der Waals surface area contributed by atoms with Gasteiger partial charge in [-0.3, -0.25) is 4.79 Å². The van der Waals surface area contributed by atoms with Crippen molar-refractivity contribution in [2.75, 3.05) is 6.26 Å². The summed E-state index contributed by atoms with van der Waals surface area (Å²) >= 11 is 0. The van der Waals surface area contributed by atoms with Crippen molar-refractivity contribution in [3.8, 4) is 0 Å². The molecule has 1 aromatic heterocycles. The van der Waals surface area contributed by atoms with E-state index in [2.05, 4.69) is 20.6 Å². The van der Waals surface area contributed by atoms with Gasteiger partial charge in [0.05, 0.1) is 10.8 Å². The second-order valence-corrected chi connectivity index (χ2v) is 7.75. The number of sulfone groups is 1. The molecule has 0 saturated carbocycles. The minimum atomic E-state index is -3.26. The molecule has 8 nitrogen and oxygen atoms in total. The highest BCUT2D eigenvalue weighted by Gasteiger charge is 2.32. The van der Waals surface area contributed by atoms with Gasteiger partial charge in [-0.25, -0.2) is 8.42 Å². The van der Waals surface area contributed by atoms with Crippen molar-refractivity contribution in [1.29, 1.82) is 0 Å². The number of benzene rings is 1. The highest BCUT2D eigenvalue weighted by atomic mass is 32.2. The number of nitrogens with one attached hydrogen (secondary N) is 1. The van der Waals surface area contributed by atoms with Gasteiger partial charge < -0.3 is 5.11 Å². The lowest BCUT2D eigenvalue weighted by Crippen LogP contribution is -2.25. The Labute approximate surface area is 140 Å². The third-order valence-corrected chi connectivity index (χ3v) is 5.03. The number of carboxylic acid groups (broad SMARTS) is 1. The number of aliphatic carboxylic acids is 1. The molecule has 2 unspecified atom stereocenters. The lowest BCUT2D eigenvalue weighted by atomic mass is 9.83. The van der Waals surface area contributed by atoms with E-state index >= 15 is 0 Å². The number of hydrogen-bond donors (Lipinski definition) is 2. The van der Waals surface area contributed by atoms with Crippen LogP contribution < -0.4 is 0 Å². The fraction of sp³-hybridized carbons (Fsp3) is 0.467. The summed E-state index contributed by atoms with van der Waals surface area (Å²) in [6.07, 6.45) is 2.75. The number of carbonyl (C=O) groups is 1. The molecule has 2 aromatic rings. The topological polar surface area (TPSA) is 126 Å². The van der Waals surface area contributed by atoms with Crippen LogP contribution in [0.25, 0.3) is 0 Å². The molecule has 1 aromatic carbocycles. The maximum absolute atomic E-state index is 11.6. The van der Waals surface area contributed by atoms with Gasteiger partial charge >= 0.3 is 5.97 Å². The van der Waals surface area contributed by atoms with Gasteiger partial charge in [-0.1, -0.05) is 30.7 Å². The normalized spacial score (nSPS) is 14.2. The Balaban J connectivity index is 2.30. The smallest absolute Gasteiger partial charge is 0.307 e. The molecule has 0 radical (unpaired) electrons. The number of carboxylic acids is 1. The summed E-state index contributed by atoms with van der Waals surface area (Å²) in [5.41, 5.74) is 0.819. The maximum atomic E-state index is 11.6. The Hall–Kier alpha value is -2.29. The molecular formula is C15H20N4O4S. The van der Waals surface area contributed by atoms with Crippen LogP contribution >= 0.6 is 0 Å². The molecule has 9 heteroatoms. The van der Waals surface area contributed by atoms with Crippen LogP contribution in [0.3, 0.4) is 0 Å². The zero-order valence-corrected chi connectivity index (χ0v) is 14.3. The third kappa shape index (κ3) is 4.38. The van der Waals surface area contributed by atoms with Crippen molar-refractivity contribution in [2.24, 2.45) is 5.92 Å². The first-order valence-corrected chi connectivity index (χ1v) is 9.47. The van der Waals surface area contributed by atoms with Crippen molar-refractivity contribution in [3.63, 3.8) is 0 Å². The van der Waals surface area contributed by atoms with Crippen molar-refractivity contribution >= 4 is 15.8 Å². The molecule has 0 aliphatic heterocycles. The number of H-pyrrole nitrogens is 1. The summed E-state index contributed by atoms with van der Waals surface area (Å²) in [6.45, 7) is 1.92. The average molecular weight is 352 g/mol. The van der Waals surface area contributed by atoms with Gasteiger partial charge in [0.25, 0.3) is 0 Å². The first-order valence-electron chi connectivity index (χ1n) is 7.58. The van der Waals surface area contributed by atoms with Crippen LogP contribution in [0.5, 0.6) is 0 Å². The third-order valence-electron chi connectivity index (χ3n) is 3.90. The number of aromatic amines is 1. The number of tetrazole rings is 1. The van der Waals surface area contributed by atoms with Crippen molar-refractivity contribution in [1.82, 2.24) is 20.6 Å². The number of rotatable bonds is 8. The lowest BCUT2D eigenvalue weighted by molar-refractivity contribution is -0.142. The molecule has 0 bridgehead atoms. The van der Waals surface area contributed by atoms with Gasteiger partial charge in [-0.2, -0.15) is 5.21 Å². The van der Waals surface area contributed by atoms with Crippen LogP contribution in [0.4, 0.5) is 0 Å². The summed E-state index contributed by atoms with van der Waals surface area (Å²) < 4.78 is 23.1. The van der Waals surface area contributed by atoms with Crippen LogP contribution in [0.1, 0.15) is 37.1 Å². The summed E-state index contributed by atoms with van der Waals surface area (Å²) in [4.78, 5) is 11.9. The second kappa shape index (κ2) is 7.52. The van der Waals surface area contributed by atoms with E-state index in [1.165, 1.54) is 12.1 Å². The predicted molar refractivity (Wildman–Crippen MR) is 86.2 cm³/mol. The van der Waals surface area contributed by atoms with Crippen molar-refractivity contribution in [3.05, 3.63) is 35.7 Å². The van der Waals surface area contributed by atoms with Gasteiger partial charge in [0.2, 0.25) is 0 Å². The van der Waals surface area contributed by atoms with Crippen molar-refractivity contribution < 1.29 is 18.3 Å². The number of hydrogen-bond acceptors (Lipinski definition) is 6. The largest absolute Gasteiger partial charge is 0.481 e. The molecular weight excluding hydrogens is 332 g/mol. The fourth-order valence-electron chi connectivity index (χ4n) is 2.67. The molecule has 0 spiro atoms. The van der Waals surface area contributed by atoms with Crippen LogP contribution in [0.2, 0.25) is 0 Å². The standard InChI is InChI=1S/C15H20N4O4S/c1-3-4-12(15(20)21)13(14-16-18-19-17-14)9-10-5-7-11(8-6-10)24(2,22)23/h5-8,12-13H,3-4,9H2,1-2H3,(H,20,21)(H,16,17,18,19). The van der Waals surface area contributed by atoms with Crippen LogP contribution in [0.15, 0.2) is 29.2 Å². The molecule has 0 aliphatic rings. The minimum absolute atomic E-state index is 0.228. The summed E-state index contributed by atoms with van der Waals surface area (Å²) in [5.74, 6) is -1.63. The molecule has 2 rings (SSSR count). The Morgan fingerprint density at radius 3 is 2.42 bits per heavy atom. The molecule has 0 fully saturated rings. The Morgan fingerprint density at radius 1 is 1.29 bits per heavy atom. The molecule has 24 heavy (non-hydrogen) atoms. The van der Waals surface area contributed by atoms with E-state index in [-0.39, 0.29) is 4.90 Å². The SMILES string of the molecule is CCCC(C(=O)O)C(Cc1ccc(S(C)(=O)=O)cc1)c1nn[nH]n1. The number of aromatic nitrogens is 4. The minimum Gasteiger partial charge on any atom is -0.481 e. The summed E-state index contributed by atoms with van der Waals surface area (Å²) in [6, 6.07) is 6.42. The fourth-order valence-corrected chi connectivity index (χ4v) is 3.31. The molecule has 0 saturated heterocycles. The molecule has 2 N–H and O–H groups in total. The van der Waals surface area contributed by atoms with E-state index in [0.29, 0.717) is 18.7 Å². The Morgan fingerprint density at radius 2 is 1.96 bits per heavy atom. The number of nitrogens with zero attached hydrogens (tertiary/aromatic N) is 3. The van der Waals surface area contributed by atoms with Gasteiger partial charge in [0.15, 0.2) is 15.7 Å². The highest BCUT2D eigenvalue weighted by Crippen LogP contribution is 2.30. The first-order chi connectivity index (χ1) is 11.3. The Bertz CT molecular complexity index is 772. The molecule has 0 amide bonds. The zero-order chi connectivity index (χ0) is 17.7. The molecule has 0 aliphatic carbocycles. The van der Waals surface area contributed by atoms with Gasteiger partial charge in [0.1, 0.15) is 0 Å². The predicted octanol–water partition coefficient (Wildman–Crippen LogP) is 1.43. The monoisotopic (exact) mass is 352 g/mol. The molecule has 1 heterocycles. The van der Waals surface area contributed by atoms with E-state index < -0.39 is 27.6 Å². The summed E-state index contributed by atoms with van der Waals surface area (Å²) in [7, 11) is -3.26. The maximum Gasteiger partial charge on any atom is 0.307 e. The van der Waals surface area contributed by atoms with E-state index in [9.17, 15) is 18.3 Å². The highest BCUT2D eigenvalue weighted by molar-refractivity contribution is 7.90. The van der Waals surface area contributed by atoms with Gasteiger partial charge in [-0.05, 0) is 30.5 Å². The van der Waals surface area contributed by atoms with Gasteiger partial charge in [0, 0.05) is 12.2 Å². The molecule has 130 valence electrons. The van der Waals surface area contributed by atoms with Crippen LogP contribution in [0, 0.1) is 5.92 Å². The average Bonchev–Trinajstić information content (AvgIpc) is 3.04. The second-order valence-electron chi connectivity index (χ2n) is 5.73. The van der Waals surface area contributed by atoms with E-state index in [4.69, 9.17) is 0 Å². The van der Waals surface area contributed by atoms with Crippen LogP contribution in [-0.4, -0.2) is 46.4 Å². The zero-order valence-electron chi connectivity index (χ0n) is 13.5. The van der Waals surface area contributed by atoms with E-state index in [0.717, 1.165) is 18.2 Å². The Kier molecular flexibility index (Phi) is 5.66. The summed E-state index contributed by atoms with van der Waals surface area (Å²) in [5, 5.41) is 23.3. The van der Waals surface area contributed by atoms with Crippen molar-refractivity contribution in [2.45, 2.75) is 37.0 Å². The molecule has 2 atom stereocenters. The van der Waals surface area contributed by atoms with E-state index in [1.807, 2.05) is 6.92 Å². The van der Waals surface area contributed by atoms with Gasteiger partial charge in [-0.15, -0.1) is 10.2 Å². The lowest BCUT2D eigenvalue weighted by Gasteiger charge is -2.21. The van der Waals surface area contributed by atoms with E-state index in [1.54, 1.807) is 12.1 Å².